The first kappa shape index (κ1) is 15.7. The van der Waals surface area contributed by atoms with Crippen LogP contribution in [-0.2, 0) is 6.54 Å². The number of anilines is 2. The third-order valence-electron chi connectivity index (χ3n) is 4.02. The van der Waals surface area contributed by atoms with Gasteiger partial charge >= 0.3 is 0 Å². The molecule has 0 amide bonds. The Balaban J connectivity index is 1.71. The Kier molecular flexibility index (Phi) is 4.71. The highest BCUT2D eigenvalue weighted by molar-refractivity contribution is 5.65. The Morgan fingerprint density at radius 2 is 1.96 bits per heavy atom. The van der Waals surface area contributed by atoms with Crippen molar-refractivity contribution in [2.45, 2.75) is 25.5 Å². The van der Waals surface area contributed by atoms with Gasteiger partial charge in [-0.1, -0.05) is 6.07 Å². The normalized spacial score (nSPS) is 15.7. The van der Waals surface area contributed by atoms with Crippen LogP contribution in [0.3, 0.4) is 0 Å². The summed E-state index contributed by atoms with van der Waals surface area (Å²) in [7, 11) is 0. The van der Waals surface area contributed by atoms with Gasteiger partial charge < -0.3 is 15.3 Å². The number of nitrogens with zero attached hydrogens (tertiary/aromatic N) is 2. The number of aromatic nitrogens is 1. The molecule has 4 nitrogen and oxygen atoms in total. The molecule has 1 saturated heterocycles. The van der Waals surface area contributed by atoms with E-state index in [-0.39, 0.29) is 6.10 Å². The fraction of sp³-hybridized carbons (Fsp3) is 0.353. The number of hydrogen-bond donors (Lipinski definition) is 2. The Hall–Kier alpha value is -2.21. The third kappa shape index (κ3) is 3.76. The van der Waals surface area contributed by atoms with E-state index in [1.165, 1.54) is 6.07 Å². The van der Waals surface area contributed by atoms with Crippen molar-refractivity contribution in [1.29, 1.82) is 0 Å². The van der Waals surface area contributed by atoms with Crippen LogP contribution >= 0.6 is 0 Å². The Morgan fingerprint density at radius 3 is 2.70 bits per heavy atom. The van der Waals surface area contributed by atoms with Crippen LogP contribution < -0.4 is 10.2 Å². The number of hydrogen-bond acceptors (Lipinski definition) is 4. The zero-order valence-electron chi connectivity index (χ0n) is 12.7. The van der Waals surface area contributed by atoms with Gasteiger partial charge in [0.25, 0.3) is 0 Å². The zero-order chi connectivity index (χ0) is 16.2. The van der Waals surface area contributed by atoms with Gasteiger partial charge in [0.05, 0.1) is 11.8 Å². The summed E-state index contributed by atoms with van der Waals surface area (Å²) in [6, 6.07) is 7.61. The molecule has 1 aromatic carbocycles. The molecular formula is C17H19F2N3O. The summed E-state index contributed by atoms with van der Waals surface area (Å²) in [5.74, 6) is -0.870. The van der Waals surface area contributed by atoms with Crippen molar-refractivity contribution in [3.05, 3.63) is 53.7 Å². The fourth-order valence-corrected chi connectivity index (χ4v) is 2.71. The Bertz CT molecular complexity index is 673. The molecule has 0 aliphatic carbocycles. The number of halogens is 2. The maximum Gasteiger partial charge on any atom is 0.159 e. The van der Waals surface area contributed by atoms with Crippen LogP contribution in [0.15, 0.2) is 36.5 Å². The number of aliphatic hydroxyl groups excluding tert-OH is 1. The predicted octanol–water partition coefficient (Wildman–Crippen LogP) is 2.93. The van der Waals surface area contributed by atoms with Crippen molar-refractivity contribution in [2.24, 2.45) is 0 Å². The molecule has 0 saturated carbocycles. The molecule has 2 heterocycles. The number of aliphatic hydroxyl groups is 1. The topological polar surface area (TPSA) is 48.4 Å². The fourth-order valence-electron chi connectivity index (χ4n) is 2.71. The summed E-state index contributed by atoms with van der Waals surface area (Å²) < 4.78 is 26.2. The van der Waals surface area contributed by atoms with Crippen LogP contribution in [0.2, 0.25) is 0 Å². The summed E-state index contributed by atoms with van der Waals surface area (Å²) in [6.07, 6.45) is 2.93. The van der Waals surface area contributed by atoms with Gasteiger partial charge in [-0.25, -0.2) is 13.8 Å². The minimum Gasteiger partial charge on any atom is -0.393 e. The van der Waals surface area contributed by atoms with E-state index in [4.69, 9.17) is 0 Å². The molecule has 3 rings (SSSR count). The lowest BCUT2D eigenvalue weighted by molar-refractivity contribution is 0.145. The first-order valence-corrected chi connectivity index (χ1v) is 7.69. The number of piperidine rings is 1. The van der Waals surface area contributed by atoms with Crippen molar-refractivity contribution >= 4 is 11.5 Å². The minimum atomic E-state index is -0.847. The molecule has 1 aliphatic rings. The van der Waals surface area contributed by atoms with Crippen molar-refractivity contribution in [2.75, 3.05) is 23.3 Å². The Labute approximate surface area is 133 Å². The molecule has 122 valence electrons. The number of benzene rings is 1. The van der Waals surface area contributed by atoms with E-state index in [2.05, 4.69) is 15.2 Å². The molecule has 0 unspecified atom stereocenters. The number of rotatable bonds is 4. The van der Waals surface area contributed by atoms with Crippen molar-refractivity contribution in [3.63, 3.8) is 0 Å². The average Bonchev–Trinajstić information content (AvgIpc) is 2.57. The maximum absolute atomic E-state index is 13.3. The zero-order valence-corrected chi connectivity index (χ0v) is 12.7. The predicted molar refractivity (Wildman–Crippen MR) is 85.4 cm³/mol. The van der Waals surface area contributed by atoms with Gasteiger partial charge in [-0.05, 0) is 42.7 Å². The van der Waals surface area contributed by atoms with Crippen LogP contribution in [0.5, 0.6) is 0 Å². The SMILES string of the molecule is OC1CCN(c2ncccc2NCc2ccc(F)c(F)c2)CC1. The van der Waals surface area contributed by atoms with E-state index < -0.39 is 11.6 Å². The van der Waals surface area contributed by atoms with Crippen molar-refractivity contribution in [1.82, 2.24) is 4.98 Å². The Morgan fingerprint density at radius 1 is 1.17 bits per heavy atom. The van der Waals surface area contributed by atoms with Crippen LogP contribution in [-0.4, -0.2) is 29.3 Å². The molecule has 1 fully saturated rings. The largest absolute Gasteiger partial charge is 0.393 e. The molecular weight excluding hydrogens is 300 g/mol. The first-order valence-electron chi connectivity index (χ1n) is 7.69. The van der Waals surface area contributed by atoms with Crippen LogP contribution in [0.4, 0.5) is 20.3 Å². The molecule has 1 aromatic heterocycles. The smallest absolute Gasteiger partial charge is 0.159 e. The van der Waals surface area contributed by atoms with Gasteiger partial charge in [-0.15, -0.1) is 0 Å². The summed E-state index contributed by atoms with van der Waals surface area (Å²) >= 11 is 0. The minimum absolute atomic E-state index is 0.242. The second-order valence-electron chi connectivity index (χ2n) is 5.69. The summed E-state index contributed by atoms with van der Waals surface area (Å²) in [5, 5.41) is 12.8. The van der Waals surface area contributed by atoms with Crippen LogP contribution in [0.1, 0.15) is 18.4 Å². The quantitative estimate of drug-likeness (QED) is 0.910. The third-order valence-corrected chi connectivity index (χ3v) is 4.02. The first-order chi connectivity index (χ1) is 11.1. The number of pyridine rings is 1. The van der Waals surface area contributed by atoms with Crippen molar-refractivity contribution in [3.8, 4) is 0 Å². The molecule has 1 aliphatic heterocycles. The lowest BCUT2D eigenvalue weighted by Crippen LogP contribution is -2.36. The molecule has 23 heavy (non-hydrogen) atoms. The van der Waals surface area contributed by atoms with Gasteiger partial charge in [0, 0.05) is 25.8 Å². The second-order valence-corrected chi connectivity index (χ2v) is 5.69. The standard InChI is InChI=1S/C17H19F2N3O/c18-14-4-3-12(10-15(14)19)11-21-16-2-1-7-20-17(16)22-8-5-13(23)6-9-22/h1-4,7,10,13,21,23H,5-6,8-9,11H2. The highest BCUT2D eigenvalue weighted by atomic mass is 19.2. The van der Waals surface area contributed by atoms with E-state index in [0.717, 1.165) is 43.5 Å². The molecule has 6 heteroatoms. The maximum atomic E-state index is 13.3. The van der Waals surface area contributed by atoms with E-state index in [9.17, 15) is 13.9 Å². The van der Waals surface area contributed by atoms with Gasteiger partial charge in [-0.2, -0.15) is 0 Å². The van der Waals surface area contributed by atoms with Gasteiger partial charge in [0.15, 0.2) is 17.5 Å². The lowest BCUT2D eigenvalue weighted by atomic mass is 10.1. The second kappa shape index (κ2) is 6.91. The average molecular weight is 319 g/mol. The lowest BCUT2D eigenvalue weighted by Gasteiger charge is -2.31. The summed E-state index contributed by atoms with van der Waals surface area (Å²) in [4.78, 5) is 6.54. The van der Waals surface area contributed by atoms with Crippen LogP contribution in [0, 0.1) is 11.6 Å². The van der Waals surface area contributed by atoms with Gasteiger partial charge in [0.1, 0.15) is 0 Å². The van der Waals surface area contributed by atoms with Crippen molar-refractivity contribution < 1.29 is 13.9 Å². The van der Waals surface area contributed by atoms with Crippen LogP contribution in [0.25, 0.3) is 0 Å². The molecule has 0 radical (unpaired) electrons. The van der Waals surface area contributed by atoms with E-state index in [1.54, 1.807) is 12.3 Å². The van der Waals surface area contributed by atoms with E-state index >= 15 is 0 Å². The molecule has 2 N–H and O–H groups in total. The van der Waals surface area contributed by atoms with E-state index in [0.29, 0.717) is 12.1 Å². The van der Waals surface area contributed by atoms with Gasteiger partial charge in [0.2, 0.25) is 0 Å². The summed E-state index contributed by atoms with van der Waals surface area (Å²) in [6.45, 7) is 1.88. The highest BCUT2D eigenvalue weighted by Crippen LogP contribution is 2.26. The molecule has 0 spiro atoms. The number of nitrogens with one attached hydrogen (secondary N) is 1. The highest BCUT2D eigenvalue weighted by Gasteiger charge is 2.20. The summed E-state index contributed by atoms with van der Waals surface area (Å²) in [5.41, 5.74) is 1.50. The van der Waals surface area contributed by atoms with Gasteiger partial charge in [-0.3, -0.25) is 0 Å². The monoisotopic (exact) mass is 319 g/mol. The molecule has 0 atom stereocenters. The molecule has 0 bridgehead atoms. The van der Waals surface area contributed by atoms with E-state index in [1.807, 2.05) is 12.1 Å². The molecule has 2 aromatic rings.